The maximum Gasteiger partial charge on any atom is 0.266 e. The summed E-state index contributed by atoms with van der Waals surface area (Å²) in [6, 6.07) is 19.4. The molecule has 0 bridgehead atoms. The number of hydrogen-bond acceptors (Lipinski definition) is 4. The number of amides is 2. The number of ether oxygens (including phenoxy) is 1. The molecule has 3 aromatic rings. The highest BCUT2D eigenvalue weighted by Gasteiger charge is 2.14. The van der Waals surface area contributed by atoms with Gasteiger partial charge in [-0.05, 0) is 73.5 Å². The second-order valence-corrected chi connectivity index (χ2v) is 8.74. The second-order valence-electron chi connectivity index (χ2n) is 7.42. The Morgan fingerprint density at radius 2 is 1.82 bits per heavy atom. The highest BCUT2D eigenvalue weighted by molar-refractivity contribution is 9.10. The van der Waals surface area contributed by atoms with Crippen LogP contribution in [0, 0.1) is 25.2 Å². The maximum absolute atomic E-state index is 12.6. The molecule has 2 amide bonds. The van der Waals surface area contributed by atoms with Crippen molar-refractivity contribution < 1.29 is 14.3 Å². The fourth-order valence-corrected chi connectivity index (χ4v) is 3.54. The highest BCUT2D eigenvalue weighted by Crippen LogP contribution is 2.27. The molecule has 3 rings (SSSR count). The molecule has 2 N–H and O–H groups in total. The van der Waals surface area contributed by atoms with Crippen molar-refractivity contribution in [2.75, 3.05) is 17.2 Å². The highest BCUT2D eigenvalue weighted by atomic mass is 79.9. The lowest BCUT2D eigenvalue weighted by molar-refractivity contribution is -0.118. The quantitative estimate of drug-likeness (QED) is 0.273. The fourth-order valence-electron chi connectivity index (χ4n) is 2.98. The van der Waals surface area contributed by atoms with Crippen LogP contribution in [0.1, 0.15) is 16.7 Å². The van der Waals surface area contributed by atoms with Crippen LogP contribution < -0.4 is 15.4 Å². The molecule has 0 atom stereocenters. The molecular formula is C26H21BrClN3O3. The van der Waals surface area contributed by atoms with Crippen LogP contribution in [0.15, 0.2) is 70.7 Å². The molecule has 8 heteroatoms. The maximum atomic E-state index is 12.6. The number of benzene rings is 3. The number of nitriles is 1. The minimum Gasteiger partial charge on any atom is -0.483 e. The number of nitrogens with zero attached hydrogens (tertiary/aromatic N) is 1. The smallest absolute Gasteiger partial charge is 0.266 e. The van der Waals surface area contributed by atoms with Gasteiger partial charge in [-0.1, -0.05) is 45.7 Å². The van der Waals surface area contributed by atoms with E-state index in [0.717, 1.165) is 15.6 Å². The largest absolute Gasteiger partial charge is 0.483 e. The van der Waals surface area contributed by atoms with E-state index in [-0.39, 0.29) is 18.1 Å². The van der Waals surface area contributed by atoms with Crippen LogP contribution in [0.2, 0.25) is 5.02 Å². The molecule has 34 heavy (non-hydrogen) atoms. The molecule has 0 saturated carbocycles. The van der Waals surface area contributed by atoms with Gasteiger partial charge in [0.25, 0.3) is 11.8 Å². The molecule has 0 aliphatic carbocycles. The number of halogens is 2. The van der Waals surface area contributed by atoms with Crippen molar-refractivity contribution in [3.05, 3.63) is 92.4 Å². The SMILES string of the molecule is Cc1ccc(NC(=O)COc2ccc(Br)cc2/C=C(\C#N)C(=O)Nc2ccccc2Cl)cc1C. The summed E-state index contributed by atoms with van der Waals surface area (Å²) in [6.07, 6.45) is 1.40. The number of nitrogens with one attached hydrogen (secondary N) is 2. The molecule has 0 fully saturated rings. The minimum absolute atomic E-state index is 0.151. The Bertz CT molecular complexity index is 1310. The molecule has 0 unspecified atom stereocenters. The van der Waals surface area contributed by atoms with E-state index in [0.29, 0.717) is 27.7 Å². The normalized spacial score (nSPS) is 10.9. The average molecular weight is 539 g/mol. The number of aryl methyl sites for hydroxylation is 2. The molecule has 0 saturated heterocycles. The Balaban J connectivity index is 1.75. The number of rotatable bonds is 7. The molecule has 172 valence electrons. The zero-order valence-corrected chi connectivity index (χ0v) is 20.8. The average Bonchev–Trinajstić information content (AvgIpc) is 2.80. The molecule has 0 aromatic heterocycles. The summed E-state index contributed by atoms with van der Waals surface area (Å²) in [5.41, 5.74) is 3.58. The van der Waals surface area contributed by atoms with Crippen molar-refractivity contribution in [2.45, 2.75) is 13.8 Å². The lowest BCUT2D eigenvalue weighted by atomic mass is 10.1. The van der Waals surface area contributed by atoms with Crippen molar-refractivity contribution >= 4 is 56.8 Å². The summed E-state index contributed by atoms with van der Waals surface area (Å²) in [6.45, 7) is 3.72. The number of carbonyl (C=O) groups excluding carboxylic acids is 2. The van der Waals surface area contributed by atoms with E-state index >= 15 is 0 Å². The van der Waals surface area contributed by atoms with Crippen LogP contribution in [0.4, 0.5) is 11.4 Å². The van der Waals surface area contributed by atoms with E-state index < -0.39 is 5.91 Å². The van der Waals surface area contributed by atoms with Gasteiger partial charge in [-0.2, -0.15) is 5.26 Å². The number of anilines is 2. The van der Waals surface area contributed by atoms with Gasteiger partial charge >= 0.3 is 0 Å². The Morgan fingerprint density at radius 3 is 2.53 bits per heavy atom. The summed E-state index contributed by atoms with van der Waals surface area (Å²) in [7, 11) is 0. The Morgan fingerprint density at radius 1 is 1.06 bits per heavy atom. The van der Waals surface area contributed by atoms with Gasteiger partial charge in [-0.15, -0.1) is 0 Å². The molecule has 0 spiro atoms. The van der Waals surface area contributed by atoms with E-state index in [9.17, 15) is 14.9 Å². The van der Waals surface area contributed by atoms with Crippen LogP contribution in [-0.2, 0) is 9.59 Å². The minimum atomic E-state index is -0.617. The van der Waals surface area contributed by atoms with Crippen molar-refractivity contribution in [1.82, 2.24) is 0 Å². The van der Waals surface area contributed by atoms with E-state index in [1.165, 1.54) is 6.08 Å². The number of carbonyl (C=O) groups is 2. The van der Waals surface area contributed by atoms with Crippen LogP contribution in [0.3, 0.4) is 0 Å². The van der Waals surface area contributed by atoms with Gasteiger partial charge in [-0.25, -0.2) is 0 Å². The predicted molar refractivity (Wildman–Crippen MR) is 138 cm³/mol. The molecule has 0 aliphatic heterocycles. The summed E-state index contributed by atoms with van der Waals surface area (Å²) in [5.74, 6) is -0.608. The third-order valence-electron chi connectivity index (χ3n) is 4.91. The molecule has 0 aliphatic rings. The van der Waals surface area contributed by atoms with Crippen LogP contribution in [0.5, 0.6) is 5.75 Å². The van der Waals surface area contributed by atoms with Crippen molar-refractivity contribution in [1.29, 1.82) is 5.26 Å². The molecule has 0 radical (unpaired) electrons. The van der Waals surface area contributed by atoms with Crippen LogP contribution >= 0.6 is 27.5 Å². The van der Waals surface area contributed by atoms with Gasteiger partial charge in [0.15, 0.2) is 6.61 Å². The first kappa shape index (κ1) is 25.0. The molecule has 6 nitrogen and oxygen atoms in total. The third-order valence-corrected chi connectivity index (χ3v) is 5.73. The van der Waals surface area contributed by atoms with Gasteiger partial charge in [-0.3, -0.25) is 9.59 Å². The molecule has 0 heterocycles. The standard InChI is InChI=1S/C26H21BrClN3O3/c1-16-7-9-21(11-17(16)2)30-25(32)15-34-24-10-8-20(27)13-18(24)12-19(14-29)26(33)31-23-6-4-3-5-22(23)28/h3-13H,15H2,1-2H3,(H,30,32)(H,31,33)/b19-12+. The van der Waals surface area contributed by atoms with Crippen molar-refractivity contribution in [3.63, 3.8) is 0 Å². The fraction of sp³-hybridized carbons (Fsp3) is 0.115. The predicted octanol–water partition coefficient (Wildman–Crippen LogP) is 6.28. The van der Waals surface area contributed by atoms with E-state index in [2.05, 4.69) is 26.6 Å². The van der Waals surface area contributed by atoms with Gasteiger partial charge in [0.2, 0.25) is 0 Å². The monoisotopic (exact) mass is 537 g/mol. The van der Waals surface area contributed by atoms with E-state index in [4.69, 9.17) is 16.3 Å². The number of para-hydroxylation sites is 1. The third kappa shape index (κ3) is 6.70. The summed E-state index contributed by atoms with van der Waals surface area (Å²) < 4.78 is 6.42. The van der Waals surface area contributed by atoms with E-state index in [1.807, 2.05) is 38.1 Å². The first-order chi connectivity index (χ1) is 16.3. The van der Waals surface area contributed by atoms with Gasteiger partial charge < -0.3 is 15.4 Å². The zero-order valence-electron chi connectivity index (χ0n) is 18.5. The number of hydrogen-bond donors (Lipinski definition) is 2. The lowest BCUT2D eigenvalue weighted by Gasteiger charge is -2.12. The lowest BCUT2D eigenvalue weighted by Crippen LogP contribution is -2.20. The molecule has 3 aromatic carbocycles. The topological polar surface area (TPSA) is 91.2 Å². The van der Waals surface area contributed by atoms with Crippen molar-refractivity contribution in [3.8, 4) is 11.8 Å². The second kappa shape index (κ2) is 11.5. The van der Waals surface area contributed by atoms with Crippen LogP contribution in [0.25, 0.3) is 6.08 Å². The van der Waals surface area contributed by atoms with Crippen LogP contribution in [-0.4, -0.2) is 18.4 Å². The summed E-state index contributed by atoms with van der Waals surface area (Å²) in [5, 5.41) is 15.3. The first-order valence-corrected chi connectivity index (χ1v) is 11.4. The van der Waals surface area contributed by atoms with E-state index in [1.54, 1.807) is 42.5 Å². The molecular weight excluding hydrogens is 518 g/mol. The first-order valence-electron chi connectivity index (χ1n) is 10.2. The summed E-state index contributed by atoms with van der Waals surface area (Å²) in [4.78, 5) is 25.0. The van der Waals surface area contributed by atoms with Gasteiger partial charge in [0, 0.05) is 15.7 Å². The Hall–Kier alpha value is -3.60. The van der Waals surface area contributed by atoms with Gasteiger partial charge in [0.05, 0.1) is 10.7 Å². The zero-order chi connectivity index (χ0) is 24.7. The summed E-state index contributed by atoms with van der Waals surface area (Å²) >= 11 is 9.47. The van der Waals surface area contributed by atoms with Gasteiger partial charge in [0.1, 0.15) is 17.4 Å². The Kier molecular flexibility index (Phi) is 8.47. The van der Waals surface area contributed by atoms with Crippen molar-refractivity contribution in [2.24, 2.45) is 0 Å². The Labute approximate surface area is 211 Å².